The highest BCUT2D eigenvalue weighted by Crippen LogP contribution is 2.38. The van der Waals surface area contributed by atoms with Crippen molar-refractivity contribution in [3.63, 3.8) is 0 Å². The predicted octanol–water partition coefficient (Wildman–Crippen LogP) is 2.31. The summed E-state index contributed by atoms with van der Waals surface area (Å²) in [5, 5.41) is 0. The molecule has 4 nitrogen and oxygen atoms in total. The molecule has 1 aliphatic rings. The van der Waals surface area contributed by atoms with Crippen LogP contribution in [0.5, 0.6) is 0 Å². The van der Waals surface area contributed by atoms with Crippen molar-refractivity contribution in [3.05, 3.63) is 0 Å². The number of carbonyl (C=O) groups is 2. The summed E-state index contributed by atoms with van der Waals surface area (Å²) >= 11 is 3.25. The molecule has 0 radical (unpaired) electrons. The second-order valence-electron chi connectivity index (χ2n) is 4.56. The van der Waals surface area contributed by atoms with Crippen molar-refractivity contribution in [1.29, 1.82) is 0 Å². The lowest BCUT2D eigenvalue weighted by Crippen LogP contribution is -2.36. The molecule has 0 amide bonds. The van der Waals surface area contributed by atoms with Gasteiger partial charge in [0.15, 0.2) is 5.92 Å². The van der Waals surface area contributed by atoms with Gasteiger partial charge in [0.1, 0.15) is 0 Å². The first-order chi connectivity index (χ1) is 8.41. The largest absolute Gasteiger partial charge is 0.462 e. The smallest absolute Gasteiger partial charge is 0.322 e. The first kappa shape index (κ1) is 15.7. The van der Waals surface area contributed by atoms with Gasteiger partial charge in [-0.3, -0.25) is 9.59 Å². The molecule has 0 N–H and O–H groups in total. The number of rotatable bonds is 5. The predicted molar refractivity (Wildman–Crippen MR) is 74.7 cm³/mol. The van der Waals surface area contributed by atoms with Gasteiger partial charge in [-0.25, -0.2) is 0 Å². The third-order valence-electron chi connectivity index (χ3n) is 2.13. The molecular formula is C12H20O4S2. The van der Waals surface area contributed by atoms with Crippen LogP contribution in [0.4, 0.5) is 0 Å². The quantitative estimate of drug-likeness (QED) is 0.572. The van der Waals surface area contributed by atoms with Gasteiger partial charge in [-0.15, -0.1) is 23.5 Å². The second-order valence-corrected chi connectivity index (χ2v) is 7.36. The van der Waals surface area contributed by atoms with Crippen molar-refractivity contribution in [2.75, 3.05) is 11.5 Å². The molecule has 0 unspecified atom stereocenters. The fourth-order valence-electron chi connectivity index (χ4n) is 1.50. The maximum atomic E-state index is 12.0. The van der Waals surface area contributed by atoms with Gasteiger partial charge in [0, 0.05) is 11.5 Å². The molecule has 104 valence electrons. The van der Waals surface area contributed by atoms with Gasteiger partial charge in [-0.05, 0) is 27.7 Å². The average Bonchev–Trinajstić information content (AvgIpc) is 2.68. The molecule has 0 aromatic carbocycles. The van der Waals surface area contributed by atoms with Crippen LogP contribution in [0.1, 0.15) is 27.7 Å². The van der Waals surface area contributed by atoms with Gasteiger partial charge in [-0.2, -0.15) is 0 Å². The summed E-state index contributed by atoms with van der Waals surface area (Å²) in [5.74, 6) is 0.156. The van der Waals surface area contributed by atoms with Crippen LogP contribution in [0.3, 0.4) is 0 Å². The van der Waals surface area contributed by atoms with E-state index in [1.54, 1.807) is 51.2 Å². The molecule has 0 aromatic rings. The van der Waals surface area contributed by atoms with Crippen LogP contribution in [-0.2, 0) is 19.1 Å². The molecule has 1 fully saturated rings. The van der Waals surface area contributed by atoms with Gasteiger partial charge in [-0.1, -0.05) is 0 Å². The van der Waals surface area contributed by atoms with Crippen molar-refractivity contribution in [1.82, 2.24) is 0 Å². The van der Waals surface area contributed by atoms with Crippen LogP contribution in [-0.4, -0.2) is 40.2 Å². The number of hydrogen-bond acceptors (Lipinski definition) is 6. The highest BCUT2D eigenvalue weighted by atomic mass is 32.2. The monoisotopic (exact) mass is 292 g/mol. The highest BCUT2D eigenvalue weighted by Gasteiger charge is 2.40. The van der Waals surface area contributed by atoms with Crippen LogP contribution >= 0.6 is 23.5 Å². The van der Waals surface area contributed by atoms with Crippen molar-refractivity contribution < 1.29 is 19.1 Å². The number of hydrogen-bond donors (Lipinski definition) is 0. The number of ether oxygens (including phenoxy) is 2. The maximum Gasteiger partial charge on any atom is 0.322 e. The molecule has 18 heavy (non-hydrogen) atoms. The Labute approximate surface area is 117 Å². The Morgan fingerprint density at radius 2 is 1.33 bits per heavy atom. The van der Waals surface area contributed by atoms with Crippen LogP contribution in [0.2, 0.25) is 0 Å². The van der Waals surface area contributed by atoms with Crippen molar-refractivity contribution in [2.45, 2.75) is 44.5 Å². The molecule has 1 rings (SSSR count). The normalized spacial score (nSPS) is 16.6. The second kappa shape index (κ2) is 7.28. The Morgan fingerprint density at radius 1 is 0.944 bits per heavy atom. The molecule has 1 aliphatic heterocycles. The van der Waals surface area contributed by atoms with E-state index in [1.807, 2.05) is 0 Å². The van der Waals surface area contributed by atoms with E-state index >= 15 is 0 Å². The van der Waals surface area contributed by atoms with Crippen LogP contribution in [0.15, 0.2) is 0 Å². The van der Waals surface area contributed by atoms with E-state index in [4.69, 9.17) is 9.47 Å². The summed E-state index contributed by atoms with van der Waals surface area (Å²) in [6, 6.07) is 0. The van der Waals surface area contributed by atoms with Gasteiger partial charge < -0.3 is 9.47 Å². The van der Waals surface area contributed by atoms with E-state index in [0.29, 0.717) is 0 Å². The molecule has 0 aliphatic carbocycles. The van der Waals surface area contributed by atoms with Crippen molar-refractivity contribution in [2.24, 2.45) is 5.92 Å². The average molecular weight is 292 g/mol. The zero-order chi connectivity index (χ0) is 13.7. The molecule has 1 saturated heterocycles. The molecule has 6 heteroatoms. The third kappa shape index (κ3) is 4.72. The fourth-order valence-corrected chi connectivity index (χ4v) is 4.52. The van der Waals surface area contributed by atoms with Crippen molar-refractivity contribution >= 4 is 35.5 Å². The first-order valence-electron chi connectivity index (χ1n) is 6.06. The van der Waals surface area contributed by atoms with Gasteiger partial charge in [0.25, 0.3) is 0 Å². The van der Waals surface area contributed by atoms with Gasteiger partial charge in [0.2, 0.25) is 0 Å². The summed E-state index contributed by atoms with van der Waals surface area (Å²) in [4.78, 5) is 24.0. The number of carbonyl (C=O) groups excluding carboxylic acids is 2. The summed E-state index contributed by atoms with van der Waals surface area (Å²) in [5.41, 5.74) is 0. The maximum absolute atomic E-state index is 12.0. The zero-order valence-corrected chi connectivity index (χ0v) is 12.8. The summed E-state index contributed by atoms with van der Waals surface area (Å²) in [6.45, 7) is 7.10. The van der Waals surface area contributed by atoms with E-state index < -0.39 is 17.9 Å². The molecule has 0 bridgehead atoms. The van der Waals surface area contributed by atoms with E-state index in [-0.39, 0.29) is 16.8 Å². The van der Waals surface area contributed by atoms with E-state index in [2.05, 4.69) is 0 Å². The Hall–Kier alpha value is -0.360. The Kier molecular flexibility index (Phi) is 6.35. The minimum absolute atomic E-state index is 0.0810. The first-order valence-corrected chi connectivity index (χ1v) is 8.15. The van der Waals surface area contributed by atoms with E-state index in [0.717, 1.165) is 11.5 Å². The SMILES string of the molecule is CC(C)OC(=O)C(C(=O)OC(C)C)C1SCCS1. The third-order valence-corrected chi connectivity index (χ3v) is 5.29. The number of thioether (sulfide) groups is 2. The molecule has 0 aromatic heterocycles. The summed E-state index contributed by atoms with van der Waals surface area (Å²) in [7, 11) is 0. The lowest BCUT2D eigenvalue weighted by Gasteiger charge is -2.21. The van der Waals surface area contributed by atoms with Crippen molar-refractivity contribution in [3.8, 4) is 0 Å². The molecule has 0 saturated carbocycles. The van der Waals surface area contributed by atoms with Gasteiger partial charge >= 0.3 is 11.9 Å². The lowest BCUT2D eigenvalue weighted by atomic mass is 10.2. The molecule has 0 spiro atoms. The van der Waals surface area contributed by atoms with Crippen LogP contribution in [0, 0.1) is 5.92 Å². The Morgan fingerprint density at radius 3 is 1.67 bits per heavy atom. The zero-order valence-electron chi connectivity index (χ0n) is 11.2. The molecular weight excluding hydrogens is 272 g/mol. The topological polar surface area (TPSA) is 52.6 Å². The molecule has 1 heterocycles. The van der Waals surface area contributed by atoms with Crippen LogP contribution < -0.4 is 0 Å². The molecule has 0 atom stereocenters. The van der Waals surface area contributed by atoms with E-state index in [1.165, 1.54) is 0 Å². The Balaban J connectivity index is 2.73. The van der Waals surface area contributed by atoms with Crippen LogP contribution in [0.25, 0.3) is 0 Å². The minimum atomic E-state index is -0.813. The standard InChI is InChI=1S/C12H20O4S2/c1-7(2)15-10(13)9(11(14)16-8(3)4)12-17-5-6-18-12/h7-9,12H,5-6H2,1-4H3. The van der Waals surface area contributed by atoms with Gasteiger partial charge in [0.05, 0.1) is 16.8 Å². The highest BCUT2D eigenvalue weighted by molar-refractivity contribution is 8.20. The fraction of sp³-hybridized carbons (Fsp3) is 0.833. The summed E-state index contributed by atoms with van der Waals surface area (Å²) < 4.78 is 10.2. The summed E-state index contributed by atoms with van der Waals surface area (Å²) in [6.07, 6.45) is -0.438. The number of esters is 2. The Bertz CT molecular complexity index is 276. The van der Waals surface area contributed by atoms with E-state index in [9.17, 15) is 9.59 Å². The minimum Gasteiger partial charge on any atom is -0.462 e. The lowest BCUT2D eigenvalue weighted by molar-refractivity contribution is -0.165.